The number of amides is 2. The van der Waals surface area contributed by atoms with E-state index in [1.165, 1.54) is 6.26 Å². The number of nitrogens with zero attached hydrogens (tertiary/aromatic N) is 4. The highest BCUT2D eigenvalue weighted by Crippen LogP contribution is 2.21. The van der Waals surface area contributed by atoms with Gasteiger partial charge in [-0.2, -0.15) is 5.10 Å². The lowest BCUT2D eigenvalue weighted by molar-refractivity contribution is 0.0927. The van der Waals surface area contributed by atoms with E-state index in [9.17, 15) is 9.59 Å². The zero-order valence-corrected chi connectivity index (χ0v) is 16.5. The Labute approximate surface area is 172 Å². The van der Waals surface area contributed by atoms with Gasteiger partial charge in [-0.1, -0.05) is 6.92 Å². The molecule has 4 heterocycles. The molecule has 0 radical (unpaired) electrons. The molecule has 2 amide bonds. The van der Waals surface area contributed by atoms with E-state index < -0.39 is 11.8 Å². The number of oxazole rings is 1. The van der Waals surface area contributed by atoms with Crippen molar-refractivity contribution in [1.29, 1.82) is 0 Å². The molecule has 1 atom stereocenters. The van der Waals surface area contributed by atoms with E-state index in [1.807, 2.05) is 13.0 Å². The maximum atomic E-state index is 12.7. The summed E-state index contributed by atoms with van der Waals surface area (Å²) >= 11 is 0. The number of hydrogen-bond acceptors (Lipinski definition) is 7. The third-order valence-corrected chi connectivity index (χ3v) is 4.82. The van der Waals surface area contributed by atoms with Crippen LogP contribution in [0.15, 0.2) is 35.2 Å². The van der Waals surface area contributed by atoms with Gasteiger partial charge in [0, 0.05) is 30.3 Å². The summed E-state index contributed by atoms with van der Waals surface area (Å²) in [5.41, 5.74) is 7.30. The fraction of sp³-hybridized carbons (Fsp3) is 0.350. The third-order valence-electron chi connectivity index (χ3n) is 4.82. The fourth-order valence-electron chi connectivity index (χ4n) is 3.29. The predicted molar refractivity (Wildman–Crippen MR) is 107 cm³/mol. The number of aromatic nitrogens is 4. The van der Waals surface area contributed by atoms with Crippen molar-refractivity contribution in [3.63, 3.8) is 0 Å². The summed E-state index contributed by atoms with van der Waals surface area (Å²) in [7, 11) is 0. The number of pyridine rings is 1. The largest absolute Gasteiger partial charge is 0.444 e. The van der Waals surface area contributed by atoms with Crippen LogP contribution in [0.4, 0.5) is 5.69 Å². The molecule has 1 saturated heterocycles. The number of nitrogens with two attached hydrogens (primary N) is 1. The van der Waals surface area contributed by atoms with Crippen molar-refractivity contribution in [3.8, 4) is 11.5 Å². The summed E-state index contributed by atoms with van der Waals surface area (Å²) in [5.74, 6) is -0.962. The third kappa shape index (κ3) is 4.23. The molecule has 30 heavy (non-hydrogen) atoms. The number of rotatable bonds is 7. The first-order valence-electron chi connectivity index (χ1n) is 9.74. The molecule has 4 rings (SSSR count). The Morgan fingerprint density at radius 3 is 3.00 bits per heavy atom. The highest BCUT2D eigenvalue weighted by molar-refractivity contribution is 6.07. The summed E-state index contributed by atoms with van der Waals surface area (Å²) in [5, 5.41) is 6.83. The summed E-state index contributed by atoms with van der Waals surface area (Å²) < 4.78 is 12.6. The van der Waals surface area contributed by atoms with E-state index in [0.29, 0.717) is 19.0 Å². The number of anilines is 1. The molecule has 0 aliphatic carbocycles. The summed E-state index contributed by atoms with van der Waals surface area (Å²) in [4.78, 5) is 32.9. The normalized spacial score (nSPS) is 16.0. The highest BCUT2D eigenvalue weighted by atomic mass is 16.5. The highest BCUT2D eigenvalue weighted by Gasteiger charge is 2.22. The van der Waals surface area contributed by atoms with Crippen LogP contribution < -0.4 is 11.1 Å². The topological polar surface area (TPSA) is 138 Å². The minimum absolute atomic E-state index is 0.0215. The Balaban J connectivity index is 1.51. The Morgan fingerprint density at radius 1 is 1.40 bits per heavy atom. The van der Waals surface area contributed by atoms with Crippen molar-refractivity contribution >= 4 is 17.5 Å². The van der Waals surface area contributed by atoms with Crippen molar-refractivity contribution in [3.05, 3.63) is 47.9 Å². The van der Waals surface area contributed by atoms with Crippen LogP contribution >= 0.6 is 0 Å². The number of aryl methyl sites for hydroxylation is 1. The average Bonchev–Trinajstić information content (AvgIpc) is 3.49. The van der Waals surface area contributed by atoms with Crippen molar-refractivity contribution in [1.82, 2.24) is 19.7 Å². The van der Waals surface area contributed by atoms with E-state index in [2.05, 4.69) is 20.4 Å². The molecular weight excluding hydrogens is 388 g/mol. The second kappa shape index (κ2) is 8.46. The van der Waals surface area contributed by atoms with Gasteiger partial charge in [-0.05, 0) is 31.4 Å². The van der Waals surface area contributed by atoms with Crippen LogP contribution in [0, 0.1) is 0 Å². The monoisotopic (exact) mass is 410 g/mol. The lowest BCUT2D eigenvalue weighted by atomic mass is 10.2. The zero-order valence-electron chi connectivity index (χ0n) is 16.5. The molecule has 1 aliphatic rings. The number of nitrogens with one attached hydrogen (secondary N) is 1. The van der Waals surface area contributed by atoms with Crippen LogP contribution in [0.1, 0.15) is 46.4 Å². The van der Waals surface area contributed by atoms with Crippen LogP contribution in [0.5, 0.6) is 0 Å². The molecule has 10 nitrogen and oxygen atoms in total. The first kappa shape index (κ1) is 19.8. The Hall–Kier alpha value is -3.53. The molecule has 0 spiro atoms. The number of primary amides is 1. The minimum atomic E-state index is -0.735. The second-order valence-electron chi connectivity index (χ2n) is 6.99. The molecule has 1 aliphatic heterocycles. The van der Waals surface area contributed by atoms with Gasteiger partial charge in [0.1, 0.15) is 6.26 Å². The predicted octanol–water partition coefficient (Wildman–Crippen LogP) is 2.03. The standard InChI is InChI=1S/C20H22N6O4/c1-2-13-8-12(5-6-22-13)20-24-16(11-30-20)19(28)23-15-10-26(25-17(15)18(21)27)9-14-4-3-7-29-14/h5-6,8,10-11,14H,2-4,7,9H2,1H3,(H2,21,27)(H,23,28)/t14-/m1/s1. The fourth-order valence-corrected chi connectivity index (χ4v) is 3.29. The van der Waals surface area contributed by atoms with E-state index in [1.54, 1.807) is 23.1 Å². The van der Waals surface area contributed by atoms with E-state index in [4.69, 9.17) is 14.9 Å². The Bertz CT molecular complexity index is 1070. The number of carbonyl (C=O) groups is 2. The van der Waals surface area contributed by atoms with Gasteiger partial charge in [-0.25, -0.2) is 4.98 Å². The molecule has 3 N–H and O–H groups in total. The lowest BCUT2D eigenvalue weighted by Crippen LogP contribution is -2.18. The second-order valence-corrected chi connectivity index (χ2v) is 6.99. The van der Waals surface area contributed by atoms with Gasteiger partial charge in [0.15, 0.2) is 11.4 Å². The van der Waals surface area contributed by atoms with E-state index in [0.717, 1.165) is 30.5 Å². The Kier molecular flexibility index (Phi) is 5.57. The summed E-state index contributed by atoms with van der Waals surface area (Å²) in [6.45, 7) is 3.19. The molecule has 0 saturated carbocycles. The summed E-state index contributed by atoms with van der Waals surface area (Å²) in [6, 6.07) is 3.61. The van der Waals surface area contributed by atoms with Gasteiger partial charge in [-0.15, -0.1) is 0 Å². The molecule has 0 aromatic carbocycles. The maximum absolute atomic E-state index is 12.7. The number of ether oxygens (including phenoxy) is 1. The van der Waals surface area contributed by atoms with Crippen molar-refractivity contribution < 1.29 is 18.7 Å². The number of carbonyl (C=O) groups excluding carboxylic acids is 2. The molecule has 1 fully saturated rings. The molecule has 3 aromatic heterocycles. The smallest absolute Gasteiger partial charge is 0.277 e. The van der Waals surface area contributed by atoms with Crippen molar-refractivity contribution in [2.45, 2.75) is 38.8 Å². The molecule has 0 bridgehead atoms. The first-order valence-corrected chi connectivity index (χ1v) is 9.74. The van der Waals surface area contributed by atoms with E-state index >= 15 is 0 Å². The first-order chi connectivity index (χ1) is 14.5. The molecule has 156 valence electrons. The quantitative estimate of drug-likeness (QED) is 0.607. The zero-order chi connectivity index (χ0) is 21.1. The van der Waals surface area contributed by atoms with Gasteiger partial charge >= 0.3 is 0 Å². The van der Waals surface area contributed by atoms with Gasteiger partial charge < -0.3 is 20.2 Å². The van der Waals surface area contributed by atoms with Crippen molar-refractivity contribution in [2.75, 3.05) is 11.9 Å². The maximum Gasteiger partial charge on any atom is 0.277 e. The van der Waals surface area contributed by atoms with E-state index in [-0.39, 0.29) is 23.2 Å². The molecule has 10 heteroatoms. The minimum Gasteiger partial charge on any atom is -0.444 e. The average molecular weight is 410 g/mol. The van der Waals surface area contributed by atoms with Gasteiger partial charge in [-0.3, -0.25) is 19.3 Å². The van der Waals surface area contributed by atoms with Crippen LogP contribution in [-0.2, 0) is 17.7 Å². The Morgan fingerprint density at radius 2 is 2.27 bits per heavy atom. The van der Waals surface area contributed by atoms with Crippen molar-refractivity contribution in [2.24, 2.45) is 5.73 Å². The van der Waals surface area contributed by atoms with Crippen LogP contribution in [0.25, 0.3) is 11.5 Å². The molecule has 3 aromatic rings. The van der Waals surface area contributed by atoms with Gasteiger partial charge in [0.25, 0.3) is 11.8 Å². The summed E-state index contributed by atoms with van der Waals surface area (Å²) in [6.07, 6.45) is 7.20. The van der Waals surface area contributed by atoms with Gasteiger partial charge in [0.05, 0.1) is 18.3 Å². The van der Waals surface area contributed by atoms with Crippen LogP contribution in [-0.4, -0.2) is 44.3 Å². The SMILES string of the molecule is CCc1cc(-c2nc(C(=O)Nc3cn(C[C@H]4CCCO4)nc3C(N)=O)co2)ccn1. The van der Waals surface area contributed by atoms with Crippen LogP contribution in [0.3, 0.4) is 0 Å². The van der Waals surface area contributed by atoms with Crippen LogP contribution in [0.2, 0.25) is 0 Å². The number of hydrogen-bond donors (Lipinski definition) is 2. The molecular formula is C20H22N6O4. The lowest BCUT2D eigenvalue weighted by Gasteiger charge is -2.08. The molecule has 0 unspecified atom stereocenters. The van der Waals surface area contributed by atoms with Gasteiger partial charge in [0.2, 0.25) is 5.89 Å².